The molecule has 94 valence electrons. The number of hydrogen-bond donors (Lipinski definition) is 0. The number of halogens is 3. The zero-order chi connectivity index (χ0) is 12.6. The number of hydrogen-bond acceptors (Lipinski definition) is 2. The molecule has 1 aliphatic rings. The fourth-order valence-corrected chi connectivity index (χ4v) is 3.44. The molecule has 1 aliphatic heterocycles. The fourth-order valence-electron chi connectivity index (χ4n) is 1.83. The lowest BCUT2D eigenvalue weighted by atomic mass is 10.3. The molecule has 0 amide bonds. The van der Waals surface area contributed by atoms with Gasteiger partial charge in [-0.1, -0.05) is 0 Å². The van der Waals surface area contributed by atoms with Crippen LogP contribution in [0.3, 0.4) is 0 Å². The molecule has 0 atom stereocenters. The lowest BCUT2D eigenvalue weighted by molar-refractivity contribution is 0.450. The van der Waals surface area contributed by atoms with Crippen molar-refractivity contribution < 1.29 is 21.6 Å². The van der Waals surface area contributed by atoms with Crippen LogP contribution in [0.4, 0.5) is 13.2 Å². The predicted molar refractivity (Wildman–Crippen MR) is 54.3 cm³/mol. The molecule has 17 heavy (non-hydrogen) atoms. The SMILES string of the molecule is O=S(=O)(c1c(F)cc(F)cc1F)N1CCCC1. The molecule has 1 aromatic carbocycles. The second-order valence-corrected chi connectivity index (χ2v) is 5.68. The highest BCUT2D eigenvalue weighted by molar-refractivity contribution is 7.89. The average Bonchev–Trinajstić information content (AvgIpc) is 2.67. The van der Waals surface area contributed by atoms with Gasteiger partial charge in [0, 0.05) is 25.2 Å². The Balaban J connectivity index is 2.53. The van der Waals surface area contributed by atoms with Gasteiger partial charge in [0.05, 0.1) is 0 Å². The molecule has 0 aromatic heterocycles. The Morgan fingerprint density at radius 2 is 1.47 bits per heavy atom. The van der Waals surface area contributed by atoms with Crippen molar-refractivity contribution >= 4 is 10.0 Å². The molecule has 0 unspecified atom stereocenters. The highest BCUT2D eigenvalue weighted by Gasteiger charge is 2.32. The van der Waals surface area contributed by atoms with Gasteiger partial charge in [-0.05, 0) is 12.8 Å². The van der Waals surface area contributed by atoms with Crippen molar-refractivity contribution in [1.82, 2.24) is 4.31 Å². The Hall–Kier alpha value is -1.08. The Labute approximate surface area is 96.9 Å². The van der Waals surface area contributed by atoms with E-state index < -0.39 is 32.4 Å². The minimum atomic E-state index is -4.20. The number of benzene rings is 1. The number of sulfonamides is 1. The molecule has 1 fully saturated rings. The summed E-state index contributed by atoms with van der Waals surface area (Å²) in [6.07, 6.45) is 1.31. The van der Waals surface area contributed by atoms with Crippen LogP contribution in [0.15, 0.2) is 17.0 Å². The van der Waals surface area contributed by atoms with Crippen LogP contribution in [0.25, 0.3) is 0 Å². The summed E-state index contributed by atoms with van der Waals surface area (Å²) in [5.41, 5.74) is 0. The second-order valence-electron chi connectivity index (χ2n) is 3.81. The Morgan fingerprint density at radius 1 is 1.00 bits per heavy atom. The zero-order valence-corrected chi connectivity index (χ0v) is 9.61. The smallest absolute Gasteiger partial charge is 0.207 e. The van der Waals surface area contributed by atoms with E-state index in [9.17, 15) is 21.6 Å². The van der Waals surface area contributed by atoms with Gasteiger partial charge in [-0.25, -0.2) is 21.6 Å². The van der Waals surface area contributed by atoms with E-state index in [-0.39, 0.29) is 13.1 Å². The van der Waals surface area contributed by atoms with Gasteiger partial charge in [0.15, 0.2) is 4.90 Å². The molecule has 0 spiro atoms. The monoisotopic (exact) mass is 265 g/mol. The maximum Gasteiger partial charge on any atom is 0.248 e. The summed E-state index contributed by atoms with van der Waals surface area (Å²) in [5.74, 6) is -3.93. The normalized spacial score (nSPS) is 17.6. The molecule has 1 saturated heterocycles. The lowest BCUT2D eigenvalue weighted by Crippen LogP contribution is -2.29. The van der Waals surface area contributed by atoms with Crippen LogP contribution in [0.2, 0.25) is 0 Å². The predicted octanol–water partition coefficient (Wildman–Crippen LogP) is 1.89. The molecule has 7 heteroatoms. The third-order valence-corrected chi connectivity index (χ3v) is 4.58. The first-order valence-corrected chi connectivity index (χ1v) is 6.51. The van der Waals surface area contributed by atoms with Crippen LogP contribution in [-0.4, -0.2) is 25.8 Å². The van der Waals surface area contributed by atoms with E-state index in [1.807, 2.05) is 0 Å². The first-order valence-electron chi connectivity index (χ1n) is 5.07. The van der Waals surface area contributed by atoms with Gasteiger partial charge in [0.1, 0.15) is 17.5 Å². The number of nitrogens with zero attached hydrogens (tertiary/aromatic N) is 1. The first kappa shape index (κ1) is 12.4. The van der Waals surface area contributed by atoms with Gasteiger partial charge in [0.2, 0.25) is 10.0 Å². The summed E-state index contributed by atoms with van der Waals surface area (Å²) in [6, 6.07) is 0.734. The van der Waals surface area contributed by atoms with Crippen LogP contribution >= 0.6 is 0 Å². The van der Waals surface area contributed by atoms with Gasteiger partial charge < -0.3 is 0 Å². The van der Waals surface area contributed by atoms with Gasteiger partial charge in [-0.2, -0.15) is 4.31 Å². The van der Waals surface area contributed by atoms with E-state index in [4.69, 9.17) is 0 Å². The van der Waals surface area contributed by atoms with Crippen LogP contribution in [-0.2, 0) is 10.0 Å². The van der Waals surface area contributed by atoms with Crippen molar-refractivity contribution in [1.29, 1.82) is 0 Å². The molecular formula is C10H10F3NO2S. The average molecular weight is 265 g/mol. The van der Waals surface area contributed by atoms with Crippen LogP contribution < -0.4 is 0 Å². The molecule has 0 N–H and O–H groups in total. The van der Waals surface area contributed by atoms with Gasteiger partial charge >= 0.3 is 0 Å². The minimum Gasteiger partial charge on any atom is -0.207 e. The second kappa shape index (κ2) is 4.30. The molecule has 2 rings (SSSR count). The van der Waals surface area contributed by atoms with Gasteiger partial charge in [0.25, 0.3) is 0 Å². The van der Waals surface area contributed by atoms with Gasteiger partial charge in [-0.3, -0.25) is 0 Å². The quantitative estimate of drug-likeness (QED) is 0.819. The molecule has 3 nitrogen and oxygen atoms in total. The molecule has 0 aliphatic carbocycles. The summed E-state index contributed by atoms with van der Waals surface area (Å²) >= 11 is 0. The molecule has 0 bridgehead atoms. The van der Waals surface area contributed by atoms with Crippen molar-refractivity contribution in [2.45, 2.75) is 17.7 Å². The van der Waals surface area contributed by atoms with E-state index in [1.54, 1.807) is 0 Å². The fraction of sp³-hybridized carbons (Fsp3) is 0.400. The van der Waals surface area contributed by atoms with Crippen molar-refractivity contribution in [3.05, 3.63) is 29.6 Å². The van der Waals surface area contributed by atoms with Crippen molar-refractivity contribution in [3.8, 4) is 0 Å². The molecule has 0 radical (unpaired) electrons. The van der Waals surface area contributed by atoms with Crippen molar-refractivity contribution in [2.24, 2.45) is 0 Å². The van der Waals surface area contributed by atoms with Crippen molar-refractivity contribution in [3.63, 3.8) is 0 Å². The molecular weight excluding hydrogens is 255 g/mol. The van der Waals surface area contributed by atoms with E-state index in [2.05, 4.69) is 0 Å². The van der Waals surface area contributed by atoms with Crippen molar-refractivity contribution in [2.75, 3.05) is 13.1 Å². The summed E-state index contributed by atoms with van der Waals surface area (Å²) in [7, 11) is -4.20. The third-order valence-electron chi connectivity index (χ3n) is 2.63. The van der Waals surface area contributed by atoms with E-state index in [0.717, 1.165) is 4.31 Å². The van der Waals surface area contributed by atoms with Gasteiger partial charge in [-0.15, -0.1) is 0 Å². The lowest BCUT2D eigenvalue weighted by Gasteiger charge is -2.16. The maximum atomic E-state index is 13.4. The zero-order valence-electron chi connectivity index (χ0n) is 8.79. The summed E-state index contributed by atoms with van der Waals surface area (Å²) < 4.78 is 64.3. The summed E-state index contributed by atoms with van der Waals surface area (Å²) in [6.45, 7) is 0.469. The van der Waals surface area contributed by atoms with Crippen LogP contribution in [0, 0.1) is 17.5 Å². The molecule has 1 heterocycles. The van der Waals surface area contributed by atoms with Crippen LogP contribution in [0.5, 0.6) is 0 Å². The molecule has 1 aromatic rings. The van der Waals surface area contributed by atoms with Crippen LogP contribution in [0.1, 0.15) is 12.8 Å². The Morgan fingerprint density at radius 3 is 1.94 bits per heavy atom. The summed E-state index contributed by atoms with van der Waals surface area (Å²) in [4.78, 5) is -1.07. The highest BCUT2D eigenvalue weighted by atomic mass is 32.2. The molecule has 0 saturated carbocycles. The van der Waals surface area contributed by atoms with E-state index >= 15 is 0 Å². The Kier molecular flexibility index (Phi) is 3.13. The third kappa shape index (κ3) is 2.16. The standard InChI is InChI=1S/C10H10F3NO2S/c11-7-5-8(12)10(9(13)6-7)17(15,16)14-3-1-2-4-14/h5-6H,1-4H2. The van der Waals surface area contributed by atoms with E-state index in [0.29, 0.717) is 25.0 Å². The topological polar surface area (TPSA) is 37.4 Å². The minimum absolute atomic E-state index is 0.235. The maximum absolute atomic E-state index is 13.4. The van der Waals surface area contributed by atoms with E-state index in [1.165, 1.54) is 0 Å². The summed E-state index contributed by atoms with van der Waals surface area (Å²) in [5, 5.41) is 0. The largest absolute Gasteiger partial charge is 0.248 e. The Bertz CT molecular complexity index is 515. The first-order chi connectivity index (χ1) is 7.93. The highest BCUT2D eigenvalue weighted by Crippen LogP contribution is 2.26. The number of rotatable bonds is 2.